The fraction of sp³-hybridized carbons (Fsp3) is 0.290. The number of hydrogen-bond acceptors (Lipinski definition) is 7. The molecule has 206 valence electrons. The number of pyridine rings is 1. The lowest BCUT2D eigenvalue weighted by atomic mass is 9.99. The number of aromatic nitrogens is 5. The second-order valence-electron chi connectivity index (χ2n) is 9.99. The monoisotopic (exact) mass is 538 g/mol. The van der Waals surface area contributed by atoms with Crippen LogP contribution in [0.2, 0.25) is 0 Å². The Bertz CT molecular complexity index is 1630. The normalized spacial score (nSPS) is 12.2. The molecule has 5 rings (SSSR count). The molecule has 0 saturated heterocycles. The number of nitrogens with one attached hydrogen (secondary N) is 1. The number of fused-ring (bicyclic) bond motifs is 1. The van der Waals surface area contributed by atoms with Crippen LogP contribution in [0.5, 0.6) is 5.75 Å². The summed E-state index contributed by atoms with van der Waals surface area (Å²) in [6.07, 6.45) is 0. The summed E-state index contributed by atoms with van der Waals surface area (Å²) in [6.45, 7) is 6.09. The van der Waals surface area contributed by atoms with Crippen molar-refractivity contribution in [2.75, 3.05) is 20.8 Å². The number of aryl methyl sites for hydroxylation is 2. The molecule has 2 heterocycles. The summed E-state index contributed by atoms with van der Waals surface area (Å²) in [5, 5.41) is 13.7. The average Bonchev–Trinajstić information content (AvgIpc) is 3.41. The van der Waals surface area contributed by atoms with Crippen molar-refractivity contribution in [3.8, 4) is 5.75 Å². The van der Waals surface area contributed by atoms with Gasteiger partial charge in [0.2, 0.25) is 0 Å². The van der Waals surface area contributed by atoms with Crippen LogP contribution in [0.4, 0.5) is 0 Å². The maximum absolute atomic E-state index is 13.8. The van der Waals surface area contributed by atoms with E-state index in [1.165, 1.54) is 0 Å². The molecule has 2 aromatic heterocycles. The first kappa shape index (κ1) is 27.2. The number of H-pyrrole nitrogens is 1. The molecule has 3 aromatic carbocycles. The Labute approximate surface area is 233 Å². The van der Waals surface area contributed by atoms with E-state index in [2.05, 4.69) is 56.6 Å². The van der Waals surface area contributed by atoms with Crippen LogP contribution in [0.15, 0.2) is 77.6 Å². The number of tetrazole rings is 1. The lowest BCUT2D eigenvalue weighted by Gasteiger charge is -2.31. The van der Waals surface area contributed by atoms with Crippen molar-refractivity contribution in [2.24, 2.45) is 0 Å². The van der Waals surface area contributed by atoms with Crippen molar-refractivity contribution in [3.63, 3.8) is 0 Å². The zero-order valence-corrected chi connectivity index (χ0v) is 23.3. The van der Waals surface area contributed by atoms with E-state index in [0.717, 1.165) is 38.9 Å². The van der Waals surface area contributed by atoms with E-state index in [9.17, 15) is 4.79 Å². The topological polar surface area (TPSA) is 98.2 Å². The molecule has 0 amide bonds. The van der Waals surface area contributed by atoms with Crippen LogP contribution >= 0.6 is 0 Å². The first-order valence-corrected chi connectivity index (χ1v) is 13.3. The molecule has 0 spiro atoms. The summed E-state index contributed by atoms with van der Waals surface area (Å²) in [7, 11) is 3.30. The average molecular weight is 539 g/mol. The highest BCUT2D eigenvalue weighted by Crippen LogP contribution is 2.31. The molecule has 0 aliphatic rings. The van der Waals surface area contributed by atoms with Gasteiger partial charge < -0.3 is 14.5 Å². The van der Waals surface area contributed by atoms with E-state index < -0.39 is 6.04 Å². The zero-order valence-electron chi connectivity index (χ0n) is 23.3. The fourth-order valence-electron chi connectivity index (χ4n) is 5.17. The van der Waals surface area contributed by atoms with Gasteiger partial charge in [0, 0.05) is 25.8 Å². The third-order valence-electron chi connectivity index (χ3n) is 7.07. The van der Waals surface area contributed by atoms with Gasteiger partial charge in [-0.05, 0) is 70.6 Å². The second kappa shape index (κ2) is 12.2. The predicted octanol–water partition coefficient (Wildman–Crippen LogP) is 4.58. The summed E-state index contributed by atoms with van der Waals surface area (Å²) < 4.78 is 12.4. The minimum atomic E-state index is -0.539. The van der Waals surface area contributed by atoms with Crippen LogP contribution in [0.1, 0.15) is 39.7 Å². The van der Waals surface area contributed by atoms with Gasteiger partial charge in [-0.2, -0.15) is 0 Å². The van der Waals surface area contributed by atoms with E-state index in [4.69, 9.17) is 9.47 Å². The van der Waals surface area contributed by atoms with Crippen molar-refractivity contribution >= 4 is 10.9 Å². The van der Waals surface area contributed by atoms with Gasteiger partial charge in [0.15, 0.2) is 5.82 Å². The van der Waals surface area contributed by atoms with Crippen LogP contribution in [-0.2, 0) is 24.4 Å². The Morgan fingerprint density at radius 1 is 0.950 bits per heavy atom. The standard InChI is InChI=1S/C31H34N6O3/c1-21-16-22(2)28-25(17-21)18-27(31(38)32-28)29(30-33-34-35-37(30)14-15-39-3)36(19-23-8-6-5-7-9-23)20-24-10-12-26(40-4)13-11-24/h5-13,16-18,29H,14-15,19-20H2,1-4H3,(H,32,38)/t29-/m1/s1. The zero-order chi connectivity index (χ0) is 28.1. The van der Waals surface area contributed by atoms with Crippen LogP contribution in [0.3, 0.4) is 0 Å². The first-order valence-electron chi connectivity index (χ1n) is 13.3. The SMILES string of the molecule is COCCn1nnnc1[C@@H](c1cc2cc(C)cc(C)c2[nH]c1=O)N(Cc1ccccc1)Cc1ccc(OC)cc1. The Hall–Kier alpha value is -4.34. The van der Waals surface area contributed by atoms with Crippen molar-refractivity contribution in [1.29, 1.82) is 0 Å². The molecule has 9 heteroatoms. The molecule has 1 N–H and O–H groups in total. The van der Waals surface area contributed by atoms with E-state index >= 15 is 0 Å². The summed E-state index contributed by atoms with van der Waals surface area (Å²) >= 11 is 0. The number of hydrogen-bond donors (Lipinski definition) is 1. The molecule has 5 aromatic rings. The van der Waals surface area contributed by atoms with Gasteiger partial charge in [-0.15, -0.1) is 5.10 Å². The number of methoxy groups -OCH3 is 2. The fourth-order valence-corrected chi connectivity index (χ4v) is 5.17. The molecule has 40 heavy (non-hydrogen) atoms. The third kappa shape index (κ3) is 5.95. The van der Waals surface area contributed by atoms with E-state index in [1.54, 1.807) is 18.9 Å². The van der Waals surface area contributed by atoms with Gasteiger partial charge in [-0.25, -0.2) is 4.68 Å². The molecule has 0 saturated carbocycles. The minimum absolute atomic E-state index is 0.168. The van der Waals surface area contributed by atoms with Gasteiger partial charge in [-0.1, -0.05) is 54.1 Å². The second-order valence-corrected chi connectivity index (χ2v) is 9.99. The van der Waals surface area contributed by atoms with Gasteiger partial charge in [-0.3, -0.25) is 9.69 Å². The minimum Gasteiger partial charge on any atom is -0.497 e. The van der Waals surface area contributed by atoms with Crippen LogP contribution in [0, 0.1) is 13.8 Å². The van der Waals surface area contributed by atoms with Crippen LogP contribution < -0.4 is 10.3 Å². The molecule has 0 aliphatic heterocycles. The molecule has 0 bridgehead atoms. The Morgan fingerprint density at radius 3 is 2.38 bits per heavy atom. The molecule has 1 atom stereocenters. The molecule has 0 fully saturated rings. The van der Waals surface area contributed by atoms with E-state index in [0.29, 0.717) is 37.6 Å². The van der Waals surface area contributed by atoms with Crippen molar-refractivity contribution in [3.05, 3.63) is 117 Å². The highest BCUT2D eigenvalue weighted by Gasteiger charge is 2.31. The number of ether oxygens (including phenoxy) is 2. The van der Waals surface area contributed by atoms with Crippen molar-refractivity contribution in [2.45, 2.75) is 39.5 Å². The number of aromatic amines is 1. The highest BCUT2D eigenvalue weighted by atomic mass is 16.5. The van der Waals surface area contributed by atoms with Gasteiger partial charge in [0.1, 0.15) is 11.8 Å². The quantitative estimate of drug-likeness (QED) is 0.263. The molecule has 0 aliphatic carbocycles. The smallest absolute Gasteiger partial charge is 0.253 e. The Kier molecular flexibility index (Phi) is 8.33. The maximum Gasteiger partial charge on any atom is 0.253 e. The molecule has 0 unspecified atom stereocenters. The summed E-state index contributed by atoms with van der Waals surface area (Å²) in [5.41, 5.74) is 5.58. The molecule has 9 nitrogen and oxygen atoms in total. The predicted molar refractivity (Wildman–Crippen MR) is 154 cm³/mol. The first-order chi connectivity index (χ1) is 19.5. The third-order valence-corrected chi connectivity index (χ3v) is 7.07. The molecule has 0 radical (unpaired) electrons. The van der Waals surface area contributed by atoms with Gasteiger partial charge in [0.25, 0.3) is 5.56 Å². The number of benzene rings is 3. The number of rotatable bonds is 11. The van der Waals surface area contributed by atoms with E-state index in [-0.39, 0.29) is 5.56 Å². The maximum atomic E-state index is 13.8. The van der Waals surface area contributed by atoms with Gasteiger partial charge in [0.05, 0.1) is 25.8 Å². The van der Waals surface area contributed by atoms with E-state index in [1.807, 2.05) is 55.5 Å². The lowest BCUT2D eigenvalue weighted by Crippen LogP contribution is -2.35. The lowest BCUT2D eigenvalue weighted by molar-refractivity contribution is 0.169. The summed E-state index contributed by atoms with van der Waals surface area (Å²) in [6, 6.07) is 23.8. The summed E-state index contributed by atoms with van der Waals surface area (Å²) in [4.78, 5) is 19.2. The van der Waals surface area contributed by atoms with Crippen LogP contribution in [0.25, 0.3) is 10.9 Å². The molecular formula is C31H34N6O3. The molecular weight excluding hydrogens is 504 g/mol. The van der Waals surface area contributed by atoms with Crippen LogP contribution in [-0.4, -0.2) is 50.9 Å². The van der Waals surface area contributed by atoms with Crippen molar-refractivity contribution < 1.29 is 9.47 Å². The number of nitrogens with zero attached hydrogens (tertiary/aromatic N) is 5. The largest absolute Gasteiger partial charge is 0.497 e. The van der Waals surface area contributed by atoms with Gasteiger partial charge >= 0.3 is 0 Å². The highest BCUT2D eigenvalue weighted by molar-refractivity contribution is 5.83. The summed E-state index contributed by atoms with van der Waals surface area (Å²) in [5.74, 6) is 1.37. The van der Waals surface area contributed by atoms with Crippen molar-refractivity contribution in [1.82, 2.24) is 30.1 Å². The Morgan fingerprint density at radius 2 is 1.68 bits per heavy atom. The Balaban J connectivity index is 1.69.